The monoisotopic (exact) mass is 283 g/mol. The van der Waals surface area contributed by atoms with Crippen molar-refractivity contribution in [2.24, 2.45) is 11.7 Å². The second kappa shape index (κ2) is 5.92. The van der Waals surface area contributed by atoms with Gasteiger partial charge in [-0.1, -0.05) is 12.5 Å². The summed E-state index contributed by atoms with van der Waals surface area (Å²) < 4.78 is 29.6. The first-order valence-corrected chi connectivity index (χ1v) is 8.30. The van der Waals surface area contributed by atoms with Gasteiger partial charge in [0.05, 0.1) is 17.8 Å². The molecule has 106 valence electrons. The average molecular weight is 283 g/mol. The van der Waals surface area contributed by atoms with Crippen molar-refractivity contribution < 1.29 is 13.2 Å². The van der Waals surface area contributed by atoms with E-state index in [0.29, 0.717) is 23.0 Å². The fourth-order valence-electron chi connectivity index (χ4n) is 2.64. The fraction of sp³-hybridized carbons (Fsp3) is 0.571. The largest absolute Gasteiger partial charge is 0.497 e. The van der Waals surface area contributed by atoms with E-state index in [2.05, 4.69) is 0 Å². The predicted octanol–water partition coefficient (Wildman–Crippen LogP) is 1.99. The summed E-state index contributed by atoms with van der Waals surface area (Å²) in [5.74, 6) is 1.08. The summed E-state index contributed by atoms with van der Waals surface area (Å²) >= 11 is 0. The van der Waals surface area contributed by atoms with E-state index in [9.17, 15) is 8.42 Å². The molecule has 1 fully saturated rings. The molecular formula is C14H21NO3S. The van der Waals surface area contributed by atoms with Crippen molar-refractivity contribution in [1.29, 1.82) is 0 Å². The number of methoxy groups -OCH3 is 1. The minimum Gasteiger partial charge on any atom is -0.497 e. The zero-order valence-corrected chi connectivity index (χ0v) is 12.0. The maximum Gasteiger partial charge on any atom is 0.178 e. The Hall–Kier alpha value is -1.07. The molecule has 2 N–H and O–H groups in total. The molecule has 2 atom stereocenters. The average Bonchev–Trinajstić information content (AvgIpc) is 2.82. The van der Waals surface area contributed by atoms with Crippen LogP contribution in [0, 0.1) is 5.92 Å². The topological polar surface area (TPSA) is 69.4 Å². The maximum atomic E-state index is 12.3. The molecule has 2 unspecified atom stereocenters. The highest BCUT2D eigenvalue weighted by molar-refractivity contribution is 7.91. The third kappa shape index (κ3) is 3.48. The van der Waals surface area contributed by atoms with Crippen LogP contribution in [0.25, 0.3) is 0 Å². The van der Waals surface area contributed by atoms with Gasteiger partial charge in [-0.05, 0) is 43.4 Å². The smallest absolute Gasteiger partial charge is 0.178 e. The first-order chi connectivity index (χ1) is 9.03. The van der Waals surface area contributed by atoms with Gasteiger partial charge in [0, 0.05) is 6.04 Å². The lowest BCUT2D eigenvalue weighted by Gasteiger charge is -2.15. The van der Waals surface area contributed by atoms with Gasteiger partial charge in [-0.2, -0.15) is 0 Å². The number of benzene rings is 1. The molecule has 4 nitrogen and oxygen atoms in total. The van der Waals surface area contributed by atoms with Gasteiger partial charge in [-0.3, -0.25) is 0 Å². The van der Waals surface area contributed by atoms with Crippen LogP contribution in [0.4, 0.5) is 0 Å². The van der Waals surface area contributed by atoms with Crippen molar-refractivity contribution in [2.45, 2.75) is 36.6 Å². The molecule has 0 saturated heterocycles. The first-order valence-electron chi connectivity index (χ1n) is 6.65. The van der Waals surface area contributed by atoms with E-state index in [1.54, 1.807) is 24.3 Å². The molecule has 5 heteroatoms. The number of nitrogens with two attached hydrogens (primary N) is 1. The molecule has 0 aromatic heterocycles. The van der Waals surface area contributed by atoms with Crippen molar-refractivity contribution in [2.75, 3.05) is 12.9 Å². The summed E-state index contributed by atoms with van der Waals surface area (Å²) in [6.45, 7) is 0. The summed E-state index contributed by atoms with van der Waals surface area (Å²) in [5.41, 5.74) is 5.98. The molecule has 1 aromatic rings. The number of hydrogen-bond acceptors (Lipinski definition) is 4. The van der Waals surface area contributed by atoms with Crippen molar-refractivity contribution in [3.8, 4) is 5.75 Å². The molecular weight excluding hydrogens is 262 g/mol. The summed E-state index contributed by atoms with van der Waals surface area (Å²) in [4.78, 5) is 0.332. The Bertz CT molecular complexity index is 527. The molecule has 0 spiro atoms. The van der Waals surface area contributed by atoms with E-state index in [-0.39, 0.29) is 11.8 Å². The van der Waals surface area contributed by atoms with Gasteiger partial charge in [0.2, 0.25) is 0 Å². The van der Waals surface area contributed by atoms with Crippen molar-refractivity contribution in [1.82, 2.24) is 0 Å². The number of rotatable bonds is 5. The summed E-state index contributed by atoms with van der Waals surface area (Å²) in [6, 6.07) is 6.80. The normalized spacial score (nSPS) is 23.5. The van der Waals surface area contributed by atoms with Crippen LogP contribution in [-0.2, 0) is 9.84 Å². The van der Waals surface area contributed by atoms with Gasteiger partial charge in [0.1, 0.15) is 5.75 Å². The standard InChI is InChI=1S/C14H21NO3S/c1-18-12-5-3-6-13(10-12)19(16,17)9-8-11-4-2-7-14(11)15/h3,5-6,10-11,14H,2,4,7-9,15H2,1H3. The third-order valence-corrected chi connectivity index (χ3v) is 5.62. The summed E-state index contributed by atoms with van der Waals surface area (Å²) in [5, 5.41) is 0. The SMILES string of the molecule is COc1cccc(S(=O)(=O)CCC2CCCC2N)c1. The Morgan fingerprint density at radius 1 is 1.37 bits per heavy atom. The van der Waals surface area contributed by atoms with E-state index >= 15 is 0 Å². The molecule has 1 aliphatic rings. The molecule has 19 heavy (non-hydrogen) atoms. The van der Waals surface area contributed by atoms with Crippen LogP contribution >= 0.6 is 0 Å². The fourth-order valence-corrected chi connectivity index (χ4v) is 4.07. The summed E-state index contributed by atoms with van der Waals surface area (Å²) in [7, 11) is -1.71. The van der Waals surface area contributed by atoms with E-state index in [0.717, 1.165) is 19.3 Å². The maximum absolute atomic E-state index is 12.3. The zero-order valence-electron chi connectivity index (χ0n) is 11.2. The number of sulfone groups is 1. The van der Waals surface area contributed by atoms with Gasteiger partial charge in [-0.25, -0.2) is 8.42 Å². The zero-order chi connectivity index (χ0) is 13.9. The predicted molar refractivity (Wildman–Crippen MR) is 75.0 cm³/mol. The van der Waals surface area contributed by atoms with Crippen LogP contribution in [0.5, 0.6) is 5.75 Å². The summed E-state index contributed by atoms with van der Waals surface area (Å²) in [6.07, 6.45) is 3.84. The van der Waals surface area contributed by atoms with Crippen LogP contribution in [0.3, 0.4) is 0 Å². The highest BCUT2D eigenvalue weighted by atomic mass is 32.2. The molecule has 2 rings (SSSR count). The molecule has 1 aromatic carbocycles. The molecule has 0 radical (unpaired) electrons. The van der Waals surface area contributed by atoms with Gasteiger partial charge in [-0.15, -0.1) is 0 Å². The third-order valence-electron chi connectivity index (χ3n) is 3.88. The minimum atomic E-state index is -3.24. The minimum absolute atomic E-state index is 0.165. The Labute approximate surface area is 114 Å². The van der Waals surface area contributed by atoms with Gasteiger partial charge in [0.25, 0.3) is 0 Å². The molecule has 1 aliphatic carbocycles. The van der Waals surface area contributed by atoms with E-state index in [1.807, 2.05) is 0 Å². The van der Waals surface area contributed by atoms with Crippen molar-refractivity contribution in [3.63, 3.8) is 0 Å². The molecule has 0 heterocycles. The molecule has 0 amide bonds. The number of ether oxygens (including phenoxy) is 1. The first kappa shape index (κ1) is 14.3. The van der Waals surface area contributed by atoms with E-state index in [1.165, 1.54) is 7.11 Å². The van der Waals surface area contributed by atoms with Crippen molar-refractivity contribution in [3.05, 3.63) is 24.3 Å². The number of hydrogen-bond donors (Lipinski definition) is 1. The Morgan fingerprint density at radius 3 is 2.79 bits per heavy atom. The van der Waals surface area contributed by atoms with Crippen LogP contribution in [0.2, 0.25) is 0 Å². The Balaban J connectivity index is 2.05. The highest BCUT2D eigenvalue weighted by Crippen LogP contribution is 2.28. The molecule has 1 saturated carbocycles. The van der Waals surface area contributed by atoms with Gasteiger partial charge >= 0.3 is 0 Å². The van der Waals surface area contributed by atoms with E-state index in [4.69, 9.17) is 10.5 Å². The highest BCUT2D eigenvalue weighted by Gasteiger charge is 2.26. The van der Waals surface area contributed by atoms with E-state index < -0.39 is 9.84 Å². The lowest BCUT2D eigenvalue weighted by atomic mass is 10.0. The van der Waals surface area contributed by atoms with Crippen LogP contribution in [0.15, 0.2) is 29.2 Å². The Morgan fingerprint density at radius 2 is 2.16 bits per heavy atom. The second-order valence-electron chi connectivity index (χ2n) is 5.14. The van der Waals surface area contributed by atoms with Crippen LogP contribution in [-0.4, -0.2) is 27.3 Å². The second-order valence-corrected chi connectivity index (χ2v) is 7.25. The lowest BCUT2D eigenvalue weighted by molar-refractivity contribution is 0.413. The van der Waals surface area contributed by atoms with Crippen LogP contribution < -0.4 is 10.5 Å². The van der Waals surface area contributed by atoms with Gasteiger partial charge < -0.3 is 10.5 Å². The van der Waals surface area contributed by atoms with Crippen LogP contribution in [0.1, 0.15) is 25.7 Å². The Kier molecular flexibility index (Phi) is 4.47. The molecule has 0 aliphatic heterocycles. The quantitative estimate of drug-likeness (QED) is 0.897. The van der Waals surface area contributed by atoms with Crippen molar-refractivity contribution >= 4 is 9.84 Å². The lowest BCUT2D eigenvalue weighted by Crippen LogP contribution is -2.26. The molecule has 0 bridgehead atoms. The van der Waals surface area contributed by atoms with Gasteiger partial charge in [0.15, 0.2) is 9.84 Å².